The minimum absolute atomic E-state index is 0.0920. The number of nitrogens with one attached hydrogen (secondary N) is 2. The Labute approximate surface area is 197 Å². The molecular formula is C25H27ClN4O3. The molecule has 1 aromatic carbocycles. The number of aromatic amines is 1. The van der Waals surface area contributed by atoms with Crippen LogP contribution in [-0.4, -0.2) is 46.1 Å². The molecule has 3 aliphatic rings. The van der Waals surface area contributed by atoms with Gasteiger partial charge in [0.05, 0.1) is 6.07 Å². The van der Waals surface area contributed by atoms with Crippen molar-refractivity contribution in [2.45, 2.75) is 57.0 Å². The number of hydrogen-bond acceptors (Lipinski definition) is 4. The van der Waals surface area contributed by atoms with E-state index in [9.17, 15) is 19.6 Å². The molecule has 33 heavy (non-hydrogen) atoms. The molecule has 3 fully saturated rings. The molecule has 2 heterocycles. The maximum absolute atomic E-state index is 13.5. The van der Waals surface area contributed by atoms with Gasteiger partial charge in [0.15, 0.2) is 0 Å². The zero-order chi connectivity index (χ0) is 23.1. The van der Waals surface area contributed by atoms with Gasteiger partial charge in [-0.15, -0.1) is 0 Å². The summed E-state index contributed by atoms with van der Waals surface area (Å²) in [6, 6.07) is 8.02. The summed E-state index contributed by atoms with van der Waals surface area (Å²) in [7, 11) is 0. The van der Waals surface area contributed by atoms with Crippen LogP contribution < -0.4 is 5.32 Å². The van der Waals surface area contributed by atoms with Crippen molar-refractivity contribution in [2.75, 3.05) is 6.54 Å². The molecule has 1 aliphatic heterocycles. The first-order chi connectivity index (χ1) is 16.0. The highest BCUT2D eigenvalue weighted by Gasteiger charge is 2.50. The number of rotatable bonds is 5. The molecule has 0 spiro atoms. The van der Waals surface area contributed by atoms with Gasteiger partial charge in [0.1, 0.15) is 23.6 Å². The van der Waals surface area contributed by atoms with Crippen LogP contribution >= 0.6 is 11.6 Å². The van der Waals surface area contributed by atoms with E-state index in [1.165, 1.54) is 0 Å². The molecule has 8 heteroatoms. The molecule has 5 atom stereocenters. The van der Waals surface area contributed by atoms with Gasteiger partial charge in [-0.1, -0.05) is 24.1 Å². The van der Waals surface area contributed by atoms with Crippen molar-refractivity contribution >= 4 is 40.1 Å². The molecule has 172 valence electrons. The van der Waals surface area contributed by atoms with Crippen molar-refractivity contribution < 1.29 is 14.4 Å². The van der Waals surface area contributed by atoms with E-state index in [1.807, 2.05) is 12.1 Å². The molecule has 2 saturated carbocycles. The fraction of sp³-hybridized carbons (Fsp3) is 0.520. The summed E-state index contributed by atoms with van der Waals surface area (Å²) in [6.45, 7) is 0.531. The second kappa shape index (κ2) is 8.83. The number of halogens is 1. The Hall–Kier alpha value is -2.85. The second-order valence-electron chi connectivity index (χ2n) is 9.62. The van der Waals surface area contributed by atoms with E-state index in [-0.39, 0.29) is 35.4 Å². The van der Waals surface area contributed by atoms with Crippen LogP contribution in [0.25, 0.3) is 10.9 Å². The third kappa shape index (κ3) is 4.02. The van der Waals surface area contributed by atoms with E-state index < -0.39 is 12.1 Å². The van der Waals surface area contributed by atoms with Crippen LogP contribution in [-0.2, 0) is 9.59 Å². The molecule has 2 N–H and O–H groups in total. The summed E-state index contributed by atoms with van der Waals surface area (Å²) >= 11 is 6.28. The topological polar surface area (TPSA) is 106 Å². The number of nitrogens with zero attached hydrogens (tertiary/aromatic N) is 2. The Morgan fingerprint density at radius 2 is 2.12 bits per heavy atom. The van der Waals surface area contributed by atoms with E-state index in [0.29, 0.717) is 30.1 Å². The van der Waals surface area contributed by atoms with E-state index in [1.54, 1.807) is 17.0 Å². The third-order valence-corrected chi connectivity index (χ3v) is 8.01. The van der Waals surface area contributed by atoms with E-state index >= 15 is 0 Å². The van der Waals surface area contributed by atoms with Crippen molar-refractivity contribution in [3.8, 4) is 6.07 Å². The van der Waals surface area contributed by atoms with Crippen molar-refractivity contribution in [2.24, 2.45) is 17.8 Å². The third-order valence-electron chi connectivity index (χ3n) is 7.68. The van der Waals surface area contributed by atoms with Crippen LogP contribution in [0.5, 0.6) is 0 Å². The number of H-pyrrole nitrogens is 1. The lowest BCUT2D eigenvalue weighted by Gasteiger charge is -2.28. The molecule has 1 aromatic heterocycles. The quantitative estimate of drug-likeness (QED) is 0.698. The lowest BCUT2D eigenvalue weighted by atomic mass is 9.92. The fourth-order valence-electron chi connectivity index (χ4n) is 6.06. The number of carbonyl (C=O) groups excluding carboxylic acids is 3. The summed E-state index contributed by atoms with van der Waals surface area (Å²) in [5.74, 6) is -0.119. The normalized spacial score (nSPS) is 27.5. The van der Waals surface area contributed by atoms with Gasteiger partial charge >= 0.3 is 0 Å². The first kappa shape index (κ1) is 22.0. The van der Waals surface area contributed by atoms with Crippen molar-refractivity contribution in [3.05, 3.63) is 35.0 Å². The number of likely N-dealkylation sites (tertiary alicyclic amines) is 1. The number of Topliss-reactive ketones (excluding diaryl/α,β-unsaturated/α-hetero) is 1. The van der Waals surface area contributed by atoms with Gasteiger partial charge in [0.2, 0.25) is 5.91 Å². The molecular weight excluding hydrogens is 440 g/mol. The van der Waals surface area contributed by atoms with Gasteiger partial charge in [-0.3, -0.25) is 14.4 Å². The predicted molar refractivity (Wildman–Crippen MR) is 123 cm³/mol. The molecule has 0 bridgehead atoms. The molecule has 5 rings (SSSR count). The van der Waals surface area contributed by atoms with Crippen LogP contribution in [0.3, 0.4) is 0 Å². The van der Waals surface area contributed by atoms with Crippen LogP contribution in [0, 0.1) is 29.1 Å². The number of hydrogen-bond donors (Lipinski definition) is 2. The Kier molecular flexibility index (Phi) is 5.88. The number of nitriles is 1. The van der Waals surface area contributed by atoms with Gasteiger partial charge in [-0.2, -0.15) is 5.26 Å². The summed E-state index contributed by atoms with van der Waals surface area (Å²) < 4.78 is 0. The van der Waals surface area contributed by atoms with E-state index in [2.05, 4.69) is 16.4 Å². The predicted octanol–water partition coefficient (Wildman–Crippen LogP) is 3.83. The molecule has 0 unspecified atom stereocenters. The van der Waals surface area contributed by atoms with Gasteiger partial charge in [-0.25, -0.2) is 0 Å². The number of aromatic nitrogens is 1. The first-order valence-corrected chi connectivity index (χ1v) is 12.1. The molecule has 0 radical (unpaired) electrons. The smallest absolute Gasteiger partial charge is 0.271 e. The fourth-order valence-corrected chi connectivity index (χ4v) is 6.29. The highest BCUT2D eigenvalue weighted by molar-refractivity contribution is 6.35. The van der Waals surface area contributed by atoms with Crippen LogP contribution in [0.1, 0.15) is 55.4 Å². The Morgan fingerprint density at radius 1 is 1.27 bits per heavy atom. The van der Waals surface area contributed by atoms with E-state index in [0.717, 1.165) is 43.0 Å². The van der Waals surface area contributed by atoms with Crippen molar-refractivity contribution in [1.82, 2.24) is 15.2 Å². The lowest BCUT2D eigenvalue weighted by Crippen LogP contribution is -2.51. The molecule has 2 amide bonds. The van der Waals surface area contributed by atoms with Crippen LogP contribution in [0.15, 0.2) is 24.3 Å². The molecule has 7 nitrogen and oxygen atoms in total. The minimum atomic E-state index is -0.728. The summed E-state index contributed by atoms with van der Waals surface area (Å²) in [6.07, 6.45) is 5.45. The molecule has 2 aromatic rings. The molecule has 2 aliphatic carbocycles. The van der Waals surface area contributed by atoms with Gasteiger partial charge in [0.25, 0.3) is 5.91 Å². The van der Waals surface area contributed by atoms with E-state index in [4.69, 9.17) is 11.6 Å². The maximum Gasteiger partial charge on any atom is 0.271 e. The van der Waals surface area contributed by atoms with Gasteiger partial charge in [0, 0.05) is 34.8 Å². The zero-order valence-corrected chi connectivity index (χ0v) is 19.1. The number of benzene rings is 1. The average molecular weight is 467 g/mol. The maximum atomic E-state index is 13.5. The zero-order valence-electron chi connectivity index (χ0n) is 18.4. The SMILES string of the molecule is N#C[C@H](C[C@@H]1CCCC1=O)NC(=O)[C@@H]1[C@H]2CCC[C@H]2CN1C(=O)c1cc2c(Cl)cccc2[nH]1. The summed E-state index contributed by atoms with van der Waals surface area (Å²) in [5.41, 5.74) is 1.18. The summed E-state index contributed by atoms with van der Waals surface area (Å²) in [5, 5.41) is 13.8. The molecule has 1 saturated heterocycles. The van der Waals surface area contributed by atoms with Gasteiger partial charge in [-0.05, 0) is 62.1 Å². The number of ketones is 1. The highest BCUT2D eigenvalue weighted by Crippen LogP contribution is 2.43. The largest absolute Gasteiger partial charge is 0.350 e. The van der Waals surface area contributed by atoms with Crippen molar-refractivity contribution in [3.63, 3.8) is 0 Å². The number of carbonyl (C=O) groups is 3. The summed E-state index contributed by atoms with van der Waals surface area (Å²) in [4.78, 5) is 43.8. The Balaban J connectivity index is 1.37. The van der Waals surface area contributed by atoms with Crippen LogP contribution in [0.2, 0.25) is 5.02 Å². The average Bonchev–Trinajstić information content (AvgIpc) is 3.56. The van der Waals surface area contributed by atoms with Gasteiger partial charge < -0.3 is 15.2 Å². The lowest BCUT2D eigenvalue weighted by molar-refractivity contribution is -0.127. The first-order valence-electron chi connectivity index (χ1n) is 11.8. The highest BCUT2D eigenvalue weighted by atomic mass is 35.5. The number of amides is 2. The second-order valence-corrected chi connectivity index (χ2v) is 10.0. The van der Waals surface area contributed by atoms with Crippen molar-refractivity contribution in [1.29, 1.82) is 5.26 Å². The van der Waals surface area contributed by atoms with Crippen LogP contribution in [0.4, 0.5) is 0 Å². The Morgan fingerprint density at radius 3 is 2.85 bits per heavy atom. The standard InChI is InChI=1S/C25H27ClN4O3/c26-19-7-3-8-20-18(19)11-21(29-20)25(33)30-13-15-5-1-6-17(15)23(30)24(32)28-16(12-27)10-14-4-2-9-22(14)31/h3,7-8,11,14-17,23,29H,1-2,4-6,9-10,13H2,(H,28,32)/t14-,15-,16-,17-,23-/m0/s1. The number of fused-ring (bicyclic) bond motifs is 2. The minimum Gasteiger partial charge on any atom is -0.350 e. The monoisotopic (exact) mass is 466 g/mol. The Bertz CT molecular complexity index is 1150.